The van der Waals surface area contributed by atoms with Gasteiger partial charge in [-0.25, -0.2) is 0 Å². The summed E-state index contributed by atoms with van der Waals surface area (Å²) in [5.41, 5.74) is 1.43. The van der Waals surface area contributed by atoms with Gasteiger partial charge in [-0.1, -0.05) is 0 Å². The Bertz CT molecular complexity index is 625. The van der Waals surface area contributed by atoms with Crippen molar-refractivity contribution in [2.75, 3.05) is 39.8 Å². The van der Waals surface area contributed by atoms with Gasteiger partial charge < -0.3 is 4.90 Å². The lowest BCUT2D eigenvalue weighted by molar-refractivity contribution is -0.131. The second-order valence-corrected chi connectivity index (χ2v) is 8.41. The lowest BCUT2D eigenvalue weighted by Gasteiger charge is -2.49. The number of carbonyl (C=O) groups excluding carboxylic acids is 1. The molecule has 1 aromatic heterocycles. The van der Waals surface area contributed by atoms with E-state index in [0.717, 1.165) is 58.0 Å². The zero-order chi connectivity index (χ0) is 17.4. The summed E-state index contributed by atoms with van der Waals surface area (Å²) < 4.78 is 1.88. The summed E-state index contributed by atoms with van der Waals surface area (Å²) in [5, 5.41) is 4.30. The molecule has 138 valence electrons. The van der Waals surface area contributed by atoms with Gasteiger partial charge in [-0.15, -0.1) is 0 Å². The van der Waals surface area contributed by atoms with Gasteiger partial charge in [0.2, 0.25) is 5.91 Å². The maximum atomic E-state index is 12.6. The van der Waals surface area contributed by atoms with E-state index in [4.69, 9.17) is 0 Å². The van der Waals surface area contributed by atoms with Crippen molar-refractivity contribution in [3.8, 4) is 0 Å². The Kier molecular flexibility index (Phi) is 4.58. The van der Waals surface area contributed by atoms with Crippen molar-refractivity contribution >= 4 is 5.91 Å². The van der Waals surface area contributed by atoms with Gasteiger partial charge >= 0.3 is 0 Å². The average molecular weight is 345 g/mol. The molecule has 0 N–H and O–H groups in total. The van der Waals surface area contributed by atoms with E-state index in [1.54, 1.807) is 0 Å². The van der Waals surface area contributed by atoms with E-state index in [1.165, 1.54) is 18.4 Å². The Balaban J connectivity index is 1.43. The number of aryl methyl sites for hydroxylation is 1. The van der Waals surface area contributed by atoms with Gasteiger partial charge in [-0.3, -0.25) is 19.3 Å². The Morgan fingerprint density at radius 3 is 2.76 bits per heavy atom. The van der Waals surface area contributed by atoms with Gasteiger partial charge in [0.15, 0.2) is 0 Å². The van der Waals surface area contributed by atoms with Crippen LogP contribution in [0.15, 0.2) is 12.4 Å². The number of rotatable bonds is 4. The first-order valence-electron chi connectivity index (χ1n) is 9.73. The standard InChI is InChI=1S/C19H31N5O/c1-21-9-10-23(13-17-11-20-22(2)12-17)15-19(21)6-5-18(25)24(8-7-19)14-16-3-4-16/h11-12,16H,3-10,13-15H2,1-2H3/t19-/m0/s1. The number of likely N-dealkylation sites (tertiary alicyclic amines) is 1. The van der Waals surface area contributed by atoms with Crippen LogP contribution in [0.25, 0.3) is 0 Å². The molecular formula is C19H31N5O. The first-order chi connectivity index (χ1) is 12.0. The average Bonchev–Trinajstić information content (AvgIpc) is 3.34. The van der Waals surface area contributed by atoms with Gasteiger partial charge in [0.1, 0.15) is 0 Å². The van der Waals surface area contributed by atoms with Crippen molar-refractivity contribution in [3.63, 3.8) is 0 Å². The second-order valence-electron chi connectivity index (χ2n) is 8.41. The highest BCUT2D eigenvalue weighted by atomic mass is 16.2. The molecule has 1 spiro atoms. The summed E-state index contributed by atoms with van der Waals surface area (Å²) in [7, 11) is 4.22. The first kappa shape index (κ1) is 17.0. The van der Waals surface area contributed by atoms with Crippen LogP contribution < -0.4 is 0 Å². The van der Waals surface area contributed by atoms with Crippen molar-refractivity contribution in [2.45, 2.75) is 44.2 Å². The van der Waals surface area contributed by atoms with Crippen LogP contribution in [0.4, 0.5) is 0 Å². The molecule has 1 aliphatic carbocycles. The molecule has 1 aromatic rings. The predicted molar refractivity (Wildman–Crippen MR) is 97.0 cm³/mol. The molecule has 1 atom stereocenters. The van der Waals surface area contributed by atoms with Crippen molar-refractivity contribution in [1.29, 1.82) is 0 Å². The smallest absolute Gasteiger partial charge is 0.222 e. The van der Waals surface area contributed by atoms with Gasteiger partial charge in [-0.05, 0) is 38.6 Å². The summed E-state index contributed by atoms with van der Waals surface area (Å²) >= 11 is 0. The third-order valence-corrected chi connectivity index (χ3v) is 6.42. The molecule has 25 heavy (non-hydrogen) atoms. The molecule has 3 fully saturated rings. The number of aromatic nitrogens is 2. The largest absolute Gasteiger partial charge is 0.342 e. The monoisotopic (exact) mass is 345 g/mol. The molecule has 0 radical (unpaired) electrons. The molecule has 3 aliphatic rings. The molecule has 2 saturated heterocycles. The van der Waals surface area contributed by atoms with Crippen molar-refractivity contribution < 1.29 is 4.79 Å². The second kappa shape index (κ2) is 6.72. The minimum atomic E-state index is 0.147. The van der Waals surface area contributed by atoms with Crippen LogP contribution >= 0.6 is 0 Å². The third kappa shape index (κ3) is 3.75. The highest BCUT2D eigenvalue weighted by Gasteiger charge is 2.42. The summed E-state index contributed by atoms with van der Waals surface area (Å²) in [5.74, 6) is 1.16. The normalized spacial score (nSPS) is 29.4. The number of nitrogens with zero attached hydrogens (tertiary/aromatic N) is 5. The summed E-state index contributed by atoms with van der Waals surface area (Å²) in [6.45, 7) is 6.12. The van der Waals surface area contributed by atoms with Crippen molar-refractivity contribution in [2.24, 2.45) is 13.0 Å². The highest BCUT2D eigenvalue weighted by Crippen LogP contribution is 2.35. The van der Waals surface area contributed by atoms with E-state index < -0.39 is 0 Å². The van der Waals surface area contributed by atoms with E-state index in [0.29, 0.717) is 12.3 Å². The molecule has 6 nitrogen and oxygen atoms in total. The highest BCUT2D eigenvalue weighted by molar-refractivity contribution is 5.76. The molecule has 6 heteroatoms. The Morgan fingerprint density at radius 2 is 2.04 bits per heavy atom. The van der Waals surface area contributed by atoms with E-state index in [2.05, 4.69) is 33.0 Å². The molecule has 0 aromatic carbocycles. The lowest BCUT2D eigenvalue weighted by Crippen LogP contribution is -2.60. The summed E-state index contributed by atoms with van der Waals surface area (Å²) in [4.78, 5) is 19.8. The van der Waals surface area contributed by atoms with Crippen LogP contribution in [-0.4, -0.2) is 75.7 Å². The van der Waals surface area contributed by atoms with Crippen LogP contribution in [-0.2, 0) is 18.4 Å². The van der Waals surface area contributed by atoms with E-state index in [9.17, 15) is 4.79 Å². The molecule has 1 amide bonds. The van der Waals surface area contributed by atoms with E-state index >= 15 is 0 Å². The fourth-order valence-electron chi connectivity index (χ4n) is 4.53. The zero-order valence-electron chi connectivity index (χ0n) is 15.7. The maximum Gasteiger partial charge on any atom is 0.222 e. The van der Waals surface area contributed by atoms with E-state index in [1.807, 2.05) is 17.9 Å². The lowest BCUT2D eigenvalue weighted by atomic mass is 9.86. The number of hydrogen-bond acceptors (Lipinski definition) is 4. The van der Waals surface area contributed by atoms with Gasteiger partial charge in [0.05, 0.1) is 6.20 Å². The minimum Gasteiger partial charge on any atom is -0.342 e. The minimum absolute atomic E-state index is 0.147. The third-order valence-electron chi connectivity index (χ3n) is 6.42. The number of hydrogen-bond donors (Lipinski definition) is 0. The van der Waals surface area contributed by atoms with Gasteiger partial charge in [0.25, 0.3) is 0 Å². The number of amides is 1. The SMILES string of the molecule is CN1CCN(Cc2cnn(C)c2)C[C@@]12CCC(=O)N(CC1CC1)CC2. The zero-order valence-corrected chi connectivity index (χ0v) is 15.7. The quantitative estimate of drug-likeness (QED) is 0.826. The van der Waals surface area contributed by atoms with Crippen LogP contribution in [0.2, 0.25) is 0 Å². The first-order valence-corrected chi connectivity index (χ1v) is 9.73. The Morgan fingerprint density at radius 1 is 1.20 bits per heavy atom. The number of piperazine rings is 1. The summed E-state index contributed by atoms with van der Waals surface area (Å²) in [6.07, 6.45) is 9.51. The molecular weight excluding hydrogens is 314 g/mol. The predicted octanol–water partition coefficient (Wildman–Crippen LogP) is 1.33. The van der Waals surface area contributed by atoms with Crippen LogP contribution in [0.1, 0.15) is 37.7 Å². The van der Waals surface area contributed by atoms with Crippen LogP contribution in [0.3, 0.4) is 0 Å². The number of carbonyl (C=O) groups is 1. The maximum absolute atomic E-state index is 12.6. The molecule has 3 heterocycles. The van der Waals surface area contributed by atoms with Crippen LogP contribution in [0.5, 0.6) is 0 Å². The Hall–Kier alpha value is -1.40. The fourth-order valence-corrected chi connectivity index (χ4v) is 4.53. The van der Waals surface area contributed by atoms with Crippen LogP contribution in [0, 0.1) is 5.92 Å². The topological polar surface area (TPSA) is 44.6 Å². The van der Waals surface area contributed by atoms with Gasteiger partial charge in [0, 0.05) is 70.0 Å². The molecule has 1 saturated carbocycles. The number of likely N-dealkylation sites (N-methyl/N-ethyl adjacent to an activating group) is 1. The summed E-state index contributed by atoms with van der Waals surface area (Å²) in [6, 6.07) is 0. The fraction of sp³-hybridized carbons (Fsp3) is 0.789. The van der Waals surface area contributed by atoms with Gasteiger partial charge in [-0.2, -0.15) is 5.10 Å². The van der Waals surface area contributed by atoms with E-state index in [-0.39, 0.29) is 5.54 Å². The molecule has 0 unspecified atom stereocenters. The molecule has 2 aliphatic heterocycles. The van der Waals surface area contributed by atoms with Crippen molar-refractivity contribution in [1.82, 2.24) is 24.5 Å². The van der Waals surface area contributed by atoms with Crippen molar-refractivity contribution in [3.05, 3.63) is 18.0 Å². The Labute approximate surface area is 150 Å². The molecule has 0 bridgehead atoms. The molecule has 4 rings (SSSR count).